The molecule has 3 fully saturated rings. The third-order valence-corrected chi connectivity index (χ3v) is 25.3. The van der Waals surface area contributed by atoms with Gasteiger partial charge < -0.3 is 108 Å². The Morgan fingerprint density at radius 2 is 1.15 bits per heavy atom. The minimum Gasteiger partial charge on any atom is -0.508 e. The van der Waals surface area contributed by atoms with E-state index in [0.717, 1.165) is 31.4 Å². The number of aliphatic hydroxyl groups excluding tert-OH is 2. The quantitative estimate of drug-likeness (QED) is 0.0428. The first-order chi connectivity index (χ1) is 62.4. The lowest BCUT2D eigenvalue weighted by Crippen LogP contribution is -2.61. The highest BCUT2D eigenvalue weighted by atomic mass is 32.2. The zero-order valence-electron chi connectivity index (χ0n) is 75.3. The molecule has 17 N–H and O–H groups in total. The van der Waals surface area contributed by atoms with Crippen LogP contribution in [0.5, 0.6) is 5.75 Å². The maximum atomic E-state index is 15.6. The topological polar surface area (TPSA) is 566 Å². The van der Waals surface area contributed by atoms with E-state index < -0.39 is 236 Å². The monoisotopic (exact) mass is 1840 g/mol. The number of nitrogens with zero attached hydrogens (tertiary/aromatic N) is 6. The van der Waals surface area contributed by atoms with Crippen molar-refractivity contribution in [2.45, 2.75) is 242 Å². The van der Waals surface area contributed by atoms with E-state index in [4.69, 9.17) is 5.73 Å². The summed E-state index contributed by atoms with van der Waals surface area (Å²) in [4.78, 5) is 264. The molecule has 0 saturated carbocycles. The molecule has 0 aliphatic carbocycles. The number of rotatable bonds is 23. The number of aromatic amines is 2. The summed E-state index contributed by atoms with van der Waals surface area (Å²) in [6, 6.07) is 0.443. The number of amides is 15. The molecule has 0 radical (unpaired) electrons. The Labute approximate surface area is 763 Å². The number of likely N-dealkylation sites (N-methyl/N-ethyl adjacent to an activating group) is 3. The van der Waals surface area contributed by atoms with E-state index in [1.54, 1.807) is 81.0 Å². The molecule has 2 aromatic heterocycles. The molecule has 4 aliphatic rings. The molecular formula is C91H124N18O21S. The molecule has 15 amide bonds. The molecule has 3 aromatic carbocycles. The number of carbonyl (C=O) groups excluding carboxylic acids is 16. The van der Waals surface area contributed by atoms with Crippen LogP contribution in [0, 0.1) is 11.8 Å². The van der Waals surface area contributed by atoms with Crippen molar-refractivity contribution in [2.24, 2.45) is 22.6 Å². The number of aromatic hydroxyl groups is 1. The Hall–Kier alpha value is -12.6. The number of carboxylic acids is 1. The van der Waals surface area contributed by atoms with E-state index in [-0.39, 0.29) is 94.6 Å². The summed E-state index contributed by atoms with van der Waals surface area (Å²) >= 11 is 0.793. The van der Waals surface area contributed by atoms with E-state index in [1.165, 1.54) is 70.4 Å². The van der Waals surface area contributed by atoms with Gasteiger partial charge in [-0.1, -0.05) is 102 Å². The normalized spacial score (nSPS) is 25.7. The van der Waals surface area contributed by atoms with Gasteiger partial charge in [-0.2, -0.15) is 0 Å². The number of thioether (sulfide) groups is 1. The number of primary amides is 1. The number of nitrogens with two attached hydrogens (primary N) is 1. The third kappa shape index (κ3) is 28.0. The molecule has 6 heterocycles. The number of H-pyrrole nitrogens is 2. The molecule has 4 aliphatic heterocycles. The summed E-state index contributed by atoms with van der Waals surface area (Å²) < 4.78 is 0. The van der Waals surface area contributed by atoms with Crippen LogP contribution in [-0.2, 0) is 101 Å². The number of ketones is 1. The fraction of sp³-hybridized carbons (Fsp3) is 0.538. The van der Waals surface area contributed by atoms with Gasteiger partial charge in [0.15, 0.2) is 5.78 Å². The van der Waals surface area contributed by atoms with Gasteiger partial charge in [0.05, 0.1) is 31.1 Å². The summed E-state index contributed by atoms with van der Waals surface area (Å²) in [5.74, 6) is -18.1. The molecular weight excluding hydrogens is 1710 g/mol. The molecule has 15 atom stereocenters. The van der Waals surface area contributed by atoms with Crippen molar-refractivity contribution in [3.8, 4) is 5.75 Å². The number of aromatic nitrogens is 2. The van der Waals surface area contributed by atoms with Gasteiger partial charge in [-0.25, -0.2) is 0 Å². The van der Waals surface area contributed by atoms with Gasteiger partial charge in [0, 0.05) is 137 Å². The number of unbranched alkanes of at least 4 members (excludes halogenated alkanes) is 2. The van der Waals surface area contributed by atoms with Crippen molar-refractivity contribution < 1.29 is 102 Å². The van der Waals surface area contributed by atoms with Gasteiger partial charge in [0.1, 0.15) is 78.3 Å². The highest BCUT2D eigenvalue weighted by Crippen LogP contribution is 2.30. The van der Waals surface area contributed by atoms with E-state index in [0.29, 0.717) is 69.8 Å². The molecule has 3 saturated heterocycles. The van der Waals surface area contributed by atoms with Crippen molar-refractivity contribution in [3.05, 3.63) is 114 Å². The van der Waals surface area contributed by atoms with Crippen LogP contribution in [0.15, 0.2) is 102 Å². The van der Waals surface area contributed by atoms with Crippen molar-refractivity contribution in [2.75, 3.05) is 58.9 Å². The largest absolute Gasteiger partial charge is 0.508 e. The average molecular weight is 1840 g/mol. The second-order valence-electron chi connectivity index (χ2n) is 34.5. The van der Waals surface area contributed by atoms with E-state index in [9.17, 15) is 63.6 Å². The summed E-state index contributed by atoms with van der Waals surface area (Å²) in [7, 11) is 3.98. The Bertz CT molecular complexity index is 5040. The van der Waals surface area contributed by atoms with Gasteiger partial charge in [-0.15, -0.1) is 11.8 Å². The molecule has 131 heavy (non-hydrogen) atoms. The van der Waals surface area contributed by atoms with E-state index in [2.05, 4.69) is 62.8 Å². The van der Waals surface area contributed by atoms with Crippen LogP contribution in [0.3, 0.4) is 0 Å². The Morgan fingerprint density at radius 3 is 1.75 bits per heavy atom. The summed E-state index contributed by atoms with van der Waals surface area (Å²) in [6.07, 6.45) is 4.24. The van der Waals surface area contributed by atoms with Crippen molar-refractivity contribution in [1.82, 2.24) is 82.3 Å². The van der Waals surface area contributed by atoms with Gasteiger partial charge in [-0.05, 0) is 111 Å². The number of Topliss-reactive ketones (excluding diaryl/α,β-unsaturated/α-hetero) is 1. The second-order valence-corrected chi connectivity index (χ2v) is 35.5. The average Bonchev–Trinajstić information content (AvgIpc) is 1.62. The number of hydrogen-bond acceptors (Lipinski definition) is 22. The second kappa shape index (κ2) is 48.3. The maximum absolute atomic E-state index is 15.6. The lowest BCUT2D eigenvalue weighted by molar-refractivity contribution is -0.149. The Morgan fingerprint density at radius 1 is 0.595 bits per heavy atom. The van der Waals surface area contributed by atoms with Crippen LogP contribution >= 0.6 is 11.8 Å². The number of carboxylic acid groups (broad SMARTS) is 1. The van der Waals surface area contributed by atoms with Crippen molar-refractivity contribution >= 4 is 140 Å². The molecule has 0 bridgehead atoms. The number of aliphatic hydroxyl groups is 2. The molecule has 0 spiro atoms. The Kier molecular flexibility index (Phi) is 37.7. The fourth-order valence-electron chi connectivity index (χ4n) is 16.7. The summed E-state index contributed by atoms with van der Waals surface area (Å²) in [6.45, 7) is 7.61. The van der Waals surface area contributed by atoms with Crippen LogP contribution in [-0.4, -0.2) is 305 Å². The number of para-hydroxylation sites is 2. The van der Waals surface area contributed by atoms with Crippen LogP contribution in [0.25, 0.3) is 21.8 Å². The molecule has 5 aromatic rings. The van der Waals surface area contributed by atoms with E-state index >= 15 is 38.4 Å². The predicted octanol–water partition coefficient (Wildman–Crippen LogP) is 0.690. The van der Waals surface area contributed by atoms with Gasteiger partial charge in [0.25, 0.3) is 0 Å². The molecule has 40 heteroatoms. The van der Waals surface area contributed by atoms with Gasteiger partial charge >= 0.3 is 5.97 Å². The third-order valence-electron chi connectivity index (χ3n) is 24.2. The molecule has 39 nitrogen and oxygen atoms in total. The first-order valence-electron chi connectivity index (χ1n) is 44.5. The lowest BCUT2D eigenvalue weighted by atomic mass is 9.92. The maximum Gasteiger partial charge on any atom is 0.303 e. The number of aliphatic imine (C=N–C) groups is 1. The van der Waals surface area contributed by atoms with Gasteiger partial charge in [-0.3, -0.25) is 86.5 Å². The summed E-state index contributed by atoms with van der Waals surface area (Å²) in [5, 5.41) is 68.1. The van der Waals surface area contributed by atoms with Crippen LogP contribution in [0.1, 0.15) is 155 Å². The molecule has 0 unspecified atom stereocenters. The first kappa shape index (κ1) is 102. The molecule has 9 rings (SSSR count). The lowest BCUT2D eigenvalue weighted by Gasteiger charge is -2.36. The number of aliphatic carboxylic acids is 1. The zero-order valence-corrected chi connectivity index (χ0v) is 76.2. The smallest absolute Gasteiger partial charge is 0.303 e. The summed E-state index contributed by atoms with van der Waals surface area (Å²) in [5.41, 5.74) is 8.71. The number of fused-ring (bicyclic) bond motifs is 4. The van der Waals surface area contributed by atoms with Crippen LogP contribution in [0.4, 0.5) is 0 Å². The van der Waals surface area contributed by atoms with Crippen LogP contribution < -0.4 is 53.6 Å². The van der Waals surface area contributed by atoms with E-state index in [1.807, 2.05) is 13.8 Å². The standard InChI is InChI=1S/C91H124N18O21S/c1-10-12-23-71-84(123)97-51(5)79(118)104-70(80(119)96-45-76(92)114)48-131-49-77(115)98-67(36-53-26-29-58(111)30-27-53)88(127)105(7)52(6)75(113)40-55(28-31-78(116)117)87(126)108-34-18-25-72(108)85(124)99-64(37-54-32-33-93-42-54)81(120)101-66(35-50(3)4)90(129)109-46-59(112)41-74(109)86(125)100-65(38-56-43-94-62-21-16-14-19-60(56)62)82(121)103-69(47-110)83(122)102-68(39-57-44-95-63-22-17-15-20-61(57)63)89(128)107(9)73(24-13-11-2)91(130)106(71)8/h14-17,19-22,26-27,29-30,33,42-44,50-52,55,59,64-74,94-95,110-112H,10-13,18,23-25,28,31-32,34-41,45-49H2,1-9H3,(H2,92,114)(H,96,119)(H,97,123)(H,98,115)(H,99,124)(H,100,125)(H,101,120)(H,102,122)(H,103,121)(H,104,118)(H,116,117)/t51-,52-,55+,59+,64-,65-,66-,67-,68-,69-,70-,71-,72-,73-,74-/m0/s1. The number of phenols is 1. The van der Waals surface area contributed by atoms with Crippen LogP contribution in [0.2, 0.25) is 0 Å². The highest BCUT2D eigenvalue weighted by molar-refractivity contribution is 8.00. The zero-order chi connectivity index (χ0) is 95.6. The van der Waals surface area contributed by atoms with Crippen molar-refractivity contribution in [3.63, 3.8) is 0 Å². The van der Waals surface area contributed by atoms with Gasteiger partial charge in [0.2, 0.25) is 88.6 Å². The van der Waals surface area contributed by atoms with Crippen molar-refractivity contribution in [1.29, 1.82) is 0 Å². The first-order valence-corrected chi connectivity index (χ1v) is 45.6. The molecule has 710 valence electrons. The highest BCUT2D eigenvalue weighted by Gasteiger charge is 2.47. The number of hydrogen-bond donors (Lipinski definition) is 16. The predicted molar refractivity (Wildman–Crippen MR) is 484 cm³/mol. The number of phenolic OH excluding ortho intramolecular Hbond substituents is 1. The minimum absolute atomic E-state index is 0.0213. The number of carbonyl (C=O) groups is 17. The Balaban J connectivity index is 1.08. The fourth-order valence-corrected chi connectivity index (χ4v) is 17.5. The number of benzene rings is 3. The minimum atomic E-state index is -1.87. The number of nitrogens with one attached hydrogen (secondary N) is 11. The SMILES string of the molecule is CCCC[C@H]1C(=O)N(C)[C@@H](CCCC)C(=O)N[C@@H](C)C(=O)N[C@H](C(=O)NCC(N)=O)CSCC(=O)N[C@@H](Cc2ccc(O)cc2)C(=O)N(C)[C@@H](C)C(=O)C[C@@H](CCC(=O)O)C(=O)N2CCC[C@H]2C(=O)N[C@@H](CC2=CN=CC2)C(=O)N[C@@H](CC(C)C)C(=O)N2C[C@H](O)C[C@H]2C(=O)N[C@@H](Cc2c[nH]c3ccccc23)C(=O)N[C@@H](CO)C(=O)N[C@@H](Cc2c[nH]c3ccccc23)C(=O)N1C.